The van der Waals surface area contributed by atoms with Crippen LogP contribution >= 0.6 is 0 Å². The van der Waals surface area contributed by atoms with Crippen molar-refractivity contribution in [2.24, 2.45) is 17.8 Å². The summed E-state index contributed by atoms with van der Waals surface area (Å²) in [6.07, 6.45) is 11.8. The van der Waals surface area contributed by atoms with Crippen molar-refractivity contribution >= 4 is 6.29 Å². The first kappa shape index (κ1) is 13.8. The lowest BCUT2D eigenvalue weighted by atomic mass is 9.48. The van der Waals surface area contributed by atoms with Crippen LogP contribution in [0.5, 0.6) is 5.75 Å². The van der Waals surface area contributed by atoms with Crippen molar-refractivity contribution in [2.75, 3.05) is 0 Å². The van der Waals surface area contributed by atoms with E-state index in [-0.39, 0.29) is 0 Å². The minimum Gasteiger partial charge on any atom is -0.464 e. The number of hydrogen-bond donors (Lipinski definition) is 0. The second kappa shape index (κ2) is 4.72. The van der Waals surface area contributed by atoms with E-state index in [1.54, 1.807) is 6.26 Å². The number of rotatable bonds is 2. The summed E-state index contributed by atoms with van der Waals surface area (Å²) in [5, 5.41) is 0. The van der Waals surface area contributed by atoms with Crippen LogP contribution in [0.1, 0.15) is 55.2 Å². The summed E-state index contributed by atoms with van der Waals surface area (Å²) in [7, 11) is 0. The van der Waals surface area contributed by atoms with Crippen molar-refractivity contribution in [3.05, 3.63) is 40.7 Å². The Balaban J connectivity index is 1.62. The van der Waals surface area contributed by atoms with Gasteiger partial charge < -0.3 is 4.74 Å². The molecular weight excluding hydrogens is 284 g/mol. The van der Waals surface area contributed by atoms with E-state index in [1.165, 1.54) is 55.2 Å². The second-order valence-electron chi connectivity index (χ2n) is 8.60. The lowest BCUT2D eigenvalue weighted by Gasteiger charge is -2.57. The molecule has 1 heterocycles. The first-order valence-electron chi connectivity index (χ1n) is 9.10. The number of carbonyl (C=O) groups is 1. The summed E-state index contributed by atoms with van der Waals surface area (Å²) in [4.78, 5) is 11.1. The van der Waals surface area contributed by atoms with E-state index < -0.39 is 0 Å². The number of hydrogen-bond acceptors (Lipinski definition) is 2. The Morgan fingerprint density at radius 3 is 2.35 bits per heavy atom. The minimum absolute atomic E-state index is 0.345. The highest BCUT2D eigenvalue weighted by molar-refractivity contribution is 5.75. The maximum absolute atomic E-state index is 11.1. The van der Waals surface area contributed by atoms with Crippen molar-refractivity contribution in [1.29, 1.82) is 0 Å². The minimum atomic E-state index is 0.345. The predicted octanol–water partition coefficient (Wildman–Crippen LogP) is 4.48. The van der Waals surface area contributed by atoms with Crippen molar-refractivity contribution in [3.8, 4) is 5.75 Å². The standard InChI is InChI=1S/C21H24O2/c1-13-2-18-7-17(11-22)12-23-20(18)19(3-13)21-8-14-4-15(9-21)6-16(5-14)10-21/h2-3,11-12,14-16H,4-10H2,1H3. The van der Waals surface area contributed by atoms with Gasteiger partial charge in [0.15, 0.2) is 0 Å². The Kier molecular flexibility index (Phi) is 2.84. The fourth-order valence-corrected chi connectivity index (χ4v) is 6.42. The highest BCUT2D eigenvalue weighted by Gasteiger charge is 2.52. The highest BCUT2D eigenvalue weighted by atomic mass is 16.5. The van der Waals surface area contributed by atoms with Gasteiger partial charge in [0.2, 0.25) is 0 Å². The van der Waals surface area contributed by atoms with E-state index in [0.29, 0.717) is 5.41 Å². The van der Waals surface area contributed by atoms with E-state index in [2.05, 4.69) is 19.1 Å². The van der Waals surface area contributed by atoms with Gasteiger partial charge in [0, 0.05) is 17.6 Å². The number of aryl methyl sites for hydroxylation is 1. The van der Waals surface area contributed by atoms with Gasteiger partial charge in [0.05, 0.1) is 6.26 Å². The van der Waals surface area contributed by atoms with Gasteiger partial charge in [-0.25, -0.2) is 0 Å². The molecule has 6 rings (SSSR count). The van der Waals surface area contributed by atoms with E-state index in [0.717, 1.165) is 41.8 Å². The first-order valence-corrected chi connectivity index (χ1v) is 9.10. The molecule has 2 heteroatoms. The highest BCUT2D eigenvalue weighted by Crippen LogP contribution is 2.62. The van der Waals surface area contributed by atoms with Crippen LogP contribution in [-0.4, -0.2) is 6.29 Å². The van der Waals surface area contributed by atoms with E-state index in [4.69, 9.17) is 4.74 Å². The lowest BCUT2D eigenvalue weighted by Crippen LogP contribution is -2.48. The Labute approximate surface area is 137 Å². The lowest BCUT2D eigenvalue weighted by molar-refractivity contribution is -0.105. The molecule has 0 spiro atoms. The average molecular weight is 308 g/mol. The number of benzene rings is 1. The molecule has 4 aliphatic carbocycles. The molecule has 0 saturated heterocycles. The quantitative estimate of drug-likeness (QED) is 0.753. The van der Waals surface area contributed by atoms with Crippen molar-refractivity contribution < 1.29 is 9.53 Å². The van der Waals surface area contributed by atoms with Crippen molar-refractivity contribution in [1.82, 2.24) is 0 Å². The van der Waals surface area contributed by atoms with E-state index in [9.17, 15) is 4.79 Å². The molecule has 0 radical (unpaired) electrons. The molecule has 0 N–H and O–H groups in total. The Bertz CT molecular complexity index is 678. The molecule has 23 heavy (non-hydrogen) atoms. The van der Waals surface area contributed by atoms with Crippen LogP contribution in [0.15, 0.2) is 24.0 Å². The topological polar surface area (TPSA) is 26.3 Å². The second-order valence-corrected chi connectivity index (χ2v) is 8.60. The normalized spacial score (nSPS) is 37.1. The molecule has 0 unspecified atom stereocenters. The van der Waals surface area contributed by atoms with Gasteiger partial charge in [-0.3, -0.25) is 4.79 Å². The van der Waals surface area contributed by atoms with E-state index in [1.807, 2.05) is 0 Å². The number of allylic oxidation sites excluding steroid dienone is 1. The molecular formula is C21H24O2. The van der Waals surface area contributed by atoms with Crippen LogP contribution in [0.3, 0.4) is 0 Å². The maximum atomic E-state index is 11.1. The third-order valence-corrected chi connectivity index (χ3v) is 6.79. The maximum Gasteiger partial charge on any atom is 0.149 e. The SMILES string of the molecule is Cc1cc2c(c(C34CC5CC(CC(C5)C3)C4)c1)OC=C(C=O)C2. The molecule has 0 aromatic heterocycles. The Morgan fingerprint density at radius 1 is 1.09 bits per heavy atom. The smallest absolute Gasteiger partial charge is 0.149 e. The van der Waals surface area contributed by atoms with Crippen LogP contribution in [-0.2, 0) is 16.6 Å². The van der Waals surface area contributed by atoms with Crippen LogP contribution in [0.25, 0.3) is 0 Å². The van der Waals surface area contributed by atoms with Crippen molar-refractivity contribution in [2.45, 2.75) is 57.3 Å². The van der Waals surface area contributed by atoms with Gasteiger partial charge in [0.25, 0.3) is 0 Å². The van der Waals surface area contributed by atoms with Crippen molar-refractivity contribution in [3.63, 3.8) is 0 Å². The summed E-state index contributed by atoms with van der Waals surface area (Å²) in [6.45, 7) is 2.18. The van der Waals surface area contributed by atoms with Crippen LogP contribution in [0, 0.1) is 24.7 Å². The summed E-state index contributed by atoms with van der Waals surface area (Å²) < 4.78 is 6.01. The van der Waals surface area contributed by atoms with E-state index >= 15 is 0 Å². The largest absolute Gasteiger partial charge is 0.464 e. The molecule has 4 fully saturated rings. The average Bonchev–Trinajstić information content (AvgIpc) is 2.52. The third kappa shape index (κ3) is 2.03. The molecule has 4 saturated carbocycles. The Morgan fingerprint density at radius 2 is 1.74 bits per heavy atom. The molecule has 0 atom stereocenters. The molecule has 120 valence electrons. The third-order valence-electron chi connectivity index (χ3n) is 6.79. The monoisotopic (exact) mass is 308 g/mol. The summed E-state index contributed by atoms with van der Waals surface area (Å²) in [6, 6.07) is 4.58. The zero-order valence-electron chi connectivity index (χ0n) is 13.8. The fourth-order valence-electron chi connectivity index (χ4n) is 6.42. The van der Waals surface area contributed by atoms with Crippen LogP contribution in [0.4, 0.5) is 0 Å². The molecule has 5 aliphatic rings. The fraction of sp³-hybridized carbons (Fsp3) is 0.571. The van der Waals surface area contributed by atoms with Gasteiger partial charge in [-0.2, -0.15) is 0 Å². The zero-order valence-corrected chi connectivity index (χ0v) is 13.8. The summed E-state index contributed by atoms with van der Waals surface area (Å²) in [5.41, 5.74) is 5.06. The van der Waals surface area contributed by atoms with Gasteiger partial charge in [-0.05, 0) is 74.2 Å². The molecule has 4 bridgehead atoms. The summed E-state index contributed by atoms with van der Waals surface area (Å²) in [5.74, 6) is 3.87. The number of carbonyl (C=O) groups excluding carboxylic acids is 1. The number of fused-ring (bicyclic) bond motifs is 1. The molecule has 1 aromatic carbocycles. The van der Waals surface area contributed by atoms with Gasteiger partial charge in [-0.1, -0.05) is 17.7 Å². The molecule has 1 aliphatic heterocycles. The van der Waals surface area contributed by atoms with Crippen LogP contribution < -0.4 is 4.74 Å². The first-order chi connectivity index (χ1) is 11.1. The zero-order chi connectivity index (χ0) is 15.6. The molecule has 0 amide bonds. The van der Waals surface area contributed by atoms with Crippen LogP contribution in [0.2, 0.25) is 0 Å². The van der Waals surface area contributed by atoms with Gasteiger partial charge in [0.1, 0.15) is 12.0 Å². The number of aldehydes is 1. The predicted molar refractivity (Wildman–Crippen MR) is 89.5 cm³/mol. The molecule has 1 aromatic rings. The molecule has 2 nitrogen and oxygen atoms in total. The van der Waals surface area contributed by atoms with Gasteiger partial charge >= 0.3 is 0 Å². The summed E-state index contributed by atoms with van der Waals surface area (Å²) >= 11 is 0. The Hall–Kier alpha value is -1.57. The van der Waals surface area contributed by atoms with Gasteiger partial charge in [-0.15, -0.1) is 0 Å². The number of ether oxygens (including phenoxy) is 1.